The first kappa shape index (κ1) is 22.0. The Kier molecular flexibility index (Phi) is 6.58. The summed E-state index contributed by atoms with van der Waals surface area (Å²) in [4.78, 5) is 32.4. The monoisotopic (exact) mass is 467 g/mol. The molecule has 5 nitrogen and oxygen atoms in total. The number of nitrogens with one attached hydrogen (secondary N) is 1. The van der Waals surface area contributed by atoms with Crippen LogP contribution in [0.3, 0.4) is 0 Å². The molecule has 1 aliphatic rings. The summed E-state index contributed by atoms with van der Waals surface area (Å²) in [5, 5.41) is 3.25. The van der Waals surface area contributed by atoms with Crippen LogP contribution in [0.1, 0.15) is 11.1 Å². The van der Waals surface area contributed by atoms with E-state index in [0.717, 1.165) is 4.90 Å². The molecule has 1 heterocycles. The van der Waals surface area contributed by atoms with Crippen molar-refractivity contribution in [2.24, 2.45) is 4.99 Å². The molecule has 1 aliphatic heterocycles. The molecule has 0 spiro atoms. The van der Waals surface area contributed by atoms with Gasteiger partial charge in [0.25, 0.3) is 0 Å². The van der Waals surface area contributed by atoms with Crippen molar-refractivity contribution in [1.29, 1.82) is 0 Å². The SMILES string of the molecule is CSc1cccc(NC(=O)CN2C(=O)CN=C(c3ccccc3F)c3cc(Cl)ccc32)c1. The third-order valence-electron chi connectivity index (χ3n) is 4.96. The molecule has 0 bridgehead atoms. The van der Waals surface area contributed by atoms with Gasteiger partial charge in [0.05, 0.1) is 11.4 Å². The molecule has 0 aliphatic carbocycles. The van der Waals surface area contributed by atoms with E-state index < -0.39 is 5.82 Å². The molecule has 0 fully saturated rings. The lowest BCUT2D eigenvalue weighted by Crippen LogP contribution is -2.39. The van der Waals surface area contributed by atoms with Crippen molar-refractivity contribution in [2.75, 3.05) is 29.6 Å². The fourth-order valence-electron chi connectivity index (χ4n) is 3.49. The van der Waals surface area contributed by atoms with Crippen molar-refractivity contribution < 1.29 is 14.0 Å². The van der Waals surface area contributed by atoms with Crippen LogP contribution in [0.2, 0.25) is 5.02 Å². The van der Waals surface area contributed by atoms with Gasteiger partial charge in [-0.15, -0.1) is 11.8 Å². The number of rotatable bonds is 5. The van der Waals surface area contributed by atoms with Gasteiger partial charge in [-0.1, -0.05) is 29.8 Å². The van der Waals surface area contributed by atoms with Gasteiger partial charge in [-0.25, -0.2) is 4.39 Å². The fourth-order valence-corrected chi connectivity index (χ4v) is 4.12. The summed E-state index contributed by atoms with van der Waals surface area (Å²) >= 11 is 7.78. The highest BCUT2D eigenvalue weighted by Gasteiger charge is 2.28. The molecule has 0 saturated carbocycles. The van der Waals surface area contributed by atoms with Crippen LogP contribution in [-0.4, -0.2) is 36.9 Å². The Bertz CT molecular complexity index is 1230. The number of aliphatic imine (C=N–C) groups is 1. The van der Waals surface area contributed by atoms with E-state index in [-0.39, 0.29) is 30.5 Å². The number of thioether (sulfide) groups is 1. The van der Waals surface area contributed by atoms with Crippen LogP contribution >= 0.6 is 23.4 Å². The van der Waals surface area contributed by atoms with E-state index in [1.54, 1.807) is 54.2 Å². The van der Waals surface area contributed by atoms with Crippen LogP contribution in [0.15, 0.2) is 76.6 Å². The average Bonchev–Trinajstić information content (AvgIpc) is 2.91. The topological polar surface area (TPSA) is 61.8 Å². The van der Waals surface area contributed by atoms with Gasteiger partial charge in [0, 0.05) is 26.7 Å². The molecule has 32 heavy (non-hydrogen) atoms. The molecule has 0 unspecified atom stereocenters. The summed E-state index contributed by atoms with van der Waals surface area (Å²) in [7, 11) is 0. The first-order valence-electron chi connectivity index (χ1n) is 9.80. The summed E-state index contributed by atoms with van der Waals surface area (Å²) in [6.45, 7) is -0.428. The molecule has 1 N–H and O–H groups in total. The third-order valence-corrected chi connectivity index (χ3v) is 5.92. The lowest BCUT2D eigenvalue weighted by Gasteiger charge is -2.23. The van der Waals surface area contributed by atoms with Crippen LogP contribution < -0.4 is 10.2 Å². The number of anilines is 2. The largest absolute Gasteiger partial charge is 0.324 e. The summed E-state index contributed by atoms with van der Waals surface area (Å²) < 4.78 is 14.5. The van der Waals surface area contributed by atoms with Gasteiger partial charge in [-0.3, -0.25) is 14.6 Å². The molecule has 8 heteroatoms. The molecule has 0 saturated heterocycles. The highest BCUT2D eigenvalue weighted by atomic mass is 35.5. The van der Waals surface area contributed by atoms with Crippen molar-refractivity contribution in [3.63, 3.8) is 0 Å². The second-order valence-corrected chi connectivity index (χ2v) is 8.38. The predicted octanol–water partition coefficient (Wildman–Crippen LogP) is 5.02. The number of halogens is 2. The third kappa shape index (κ3) is 4.69. The molecule has 0 atom stereocenters. The lowest BCUT2D eigenvalue weighted by molar-refractivity contribution is -0.120. The second kappa shape index (κ2) is 9.54. The van der Waals surface area contributed by atoms with Gasteiger partial charge in [0.1, 0.15) is 18.9 Å². The fraction of sp³-hybridized carbons (Fsp3) is 0.125. The standard InChI is InChI=1S/C24H19ClFN3O2S/c1-32-17-6-4-5-16(12-17)28-22(30)14-29-21-10-9-15(25)11-19(21)24(27-13-23(29)31)18-7-2-3-8-20(18)26/h2-12H,13-14H2,1H3,(H,28,30). The molecule has 2 amide bonds. The molecule has 3 aromatic carbocycles. The maximum atomic E-state index is 14.5. The number of benzene rings is 3. The van der Waals surface area contributed by atoms with E-state index >= 15 is 0 Å². The summed E-state index contributed by atoms with van der Waals surface area (Å²) in [5.74, 6) is -1.18. The zero-order chi connectivity index (χ0) is 22.7. The molecule has 4 rings (SSSR count). The van der Waals surface area contributed by atoms with Crippen molar-refractivity contribution in [3.05, 3.63) is 88.7 Å². The van der Waals surface area contributed by atoms with E-state index in [4.69, 9.17) is 11.6 Å². The Labute approximate surface area is 194 Å². The van der Waals surface area contributed by atoms with E-state index in [2.05, 4.69) is 10.3 Å². The molecular formula is C24H19ClFN3O2S. The van der Waals surface area contributed by atoms with Gasteiger partial charge in [-0.05, 0) is 54.8 Å². The van der Waals surface area contributed by atoms with Crippen molar-refractivity contribution in [2.45, 2.75) is 4.90 Å². The van der Waals surface area contributed by atoms with E-state index in [1.165, 1.54) is 11.0 Å². The molecule has 162 valence electrons. The highest BCUT2D eigenvalue weighted by Crippen LogP contribution is 2.30. The van der Waals surface area contributed by atoms with Crippen LogP contribution in [0, 0.1) is 5.82 Å². The van der Waals surface area contributed by atoms with Crippen molar-refractivity contribution >= 4 is 52.3 Å². The van der Waals surface area contributed by atoms with Gasteiger partial charge >= 0.3 is 0 Å². The summed E-state index contributed by atoms with van der Waals surface area (Å²) in [6, 6.07) is 18.6. The van der Waals surface area contributed by atoms with Crippen LogP contribution in [0.5, 0.6) is 0 Å². The lowest BCUT2D eigenvalue weighted by atomic mass is 9.99. The quantitative estimate of drug-likeness (QED) is 0.536. The van der Waals surface area contributed by atoms with E-state index in [0.29, 0.717) is 27.7 Å². The zero-order valence-corrected chi connectivity index (χ0v) is 18.7. The maximum Gasteiger partial charge on any atom is 0.249 e. The van der Waals surface area contributed by atoms with Gasteiger partial charge in [0.2, 0.25) is 11.8 Å². The molecular weight excluding hydrogens is 449 g/mol. The number of nitrogens with zero attached hydrogens (tertiary/aromatic N) is 2. The summed E-state index contributed by atoms with van der Waals surface area (Å²) in [6.07, 6.45) is 1.95. The number of hydrogen-bond acceptors (Lipinski definition) is 4. The number of amides is 2. The van der Waals surface area contributed by atoms with Gasteiger partial charge in [0.15, 0.2) is 0 Å². The predicted molar refractivity (Wildman–Crippen MR) is 128 cm³/mol. The summed E-state index contributed by atoms with van der Waals surface area (Å²) in [5.41, 5.74) is 2.18. The number of carbonyl (C=O) groups excluding carboxylic acids is 2. The molecule has 0 radical (unpaired) electrons. The molecule has 3 aromatic rings. The van der Waals surface area contributed by atoms with E-state index in [9.17, 15) is 14.0 Å². The second-order valence-electron chi connectivity index (χ2n) is 7.07. The number of carbonyl (C=O) groups is 2. The minimum absolute atomic E-state index is 0.211. The van der Waals surface area contributed by atoms with Gasteiger partial charge in [-0.2, -0.15) is 0 Å². The van der Waals surface area contributed by atoms with Crippen LogP contribution in [0.25, 0.3) is 0 Å². The number of benzodiazepines with no additional fused rings is 1. The Morgan fingerprint density at radius 2 is 1.94 bits per heavy atom. The zero-order valence-electron chi connectivity index (χ0n) is 17.1. The molecule has 0 aromatic heterocycles. The normalized spacial score (nSPS) is 13.3. The minimum Gasteiger partial charge on any atom is -0.324 e. The average molecular weight is 468 g/mol. The van der Waals surface area contributed by atoms with E-state index in [1.807, 2.05) is 24.5 Å². The van der Waals surface area contributed by atoms with Gasteiger partial charge < -0.3 is 10.2 Å². The Hall–Kier alpha value is -3.16. The smallest absolute Gasteiger partial charge is 0.249 e. The maximum absolute atomic E-state index is 14.5. The first-order chi connectivity index (χ1) is 15.5. The van der Waals surface area contributed by atoms with Crippen LogP contribution in [-0.2, 0) is 9.59 Å². The number of hydrogen-bond donors (Lipinski definition) is 1. The first-order valence-corrected chi connectivity index (χ1v) is 11.4. The number of fused-ring (bicyclic) bond motifs is 1. The minimum atomic E-state index is -0.454. The Morgan fingerprint density at radius 1 is 1.12 bits per heavy atom. The Morgan fingerprint density at radius 3 is 2.72 bits per heavy atom. The highest BCUT2D eigenvalue weighted by molar-refractivity contribution is 7.98. The van der Waals surface area contributed by atoms with Crippen molar-refractivity contribution in [1.82, 2.24) is 0 Å². The van der Waals surface area contributed by atoms with Crippen LogP contribution in [0.4, 0.5) is 15.8 Å². The Balaban J connectivity index is 1.67. The van der Waals surface area contributed by atoms with Crippen molar-refractivity contribution in [3.8, 4) is 0 Å².